The van der Waals surface area contributed by atoms with Crippen LogP contribution in [0.1, 0.15) is 61.3 Å². The van der Waals surface area contributed by atoms with E-state index in [9.17, 15) is 4.79 Å². The molecule has 5 heteroatoms. The van der Waals surface area contributed by atoms with Crippen molar-refractivity contribution in [3.63, 3.8) is 0 Å². The van der Waals surface area contributed by atoms with E-state index in [1.165, 1.54) is 31.2 Å². The molecule has 1 atom stereocenters. The summed E-state index contributed by atoms with van der Waals surface area (Å²) in [6.07, 6.45) is 7.57. The van der Waals surface area contributed by atoms with Gasteiger partial charge in [-0.05, 0) is 59.7 Å². The van der Waals surface area contributed by atoms with E-state index >= 15 is 0 Å². The Morgan fingerprint density at radius 2 is 1.83 bits per heavy atom. The average molecular weight is 428 g/mol. The van der Waals surface area contributed by atoms with Gasteiger partial charge in [-0.3, -0.25) is 4.79 Å². The number of nitrogens with zero attached hydrogens (tertiary/aromatic N) is 1. The summed E-state index contributed by atoms with van der Waals surface area (Å²) >= 11 is 6.32. The van der Waals surface area contributed by atoms with E-state index in [1.54, 1.807) is 14.2 Å². The third-order valence-corrected chi connectivity index (χ3v) is 6.83. The van der Waals surface area contributed by atoms with Gasteiger partial charge in [-0.1, -0.05) is 49.4 Å². The second kappa shape index (κ2) is 9.30. The van der Waals surface area contributed by atoms with Gasteiger partial charge in [0.25, 0.3) is 0 Å². The molecule has 1 heterocycles. The van der Waals surface area contributed by atoms with Gasteiger partial charge < -0.3 is 14.4 Å². The van der Waals surface area contributed by atoms with E-state index in [2.05, 4.69) is 6.07 Å². The highest BCUT2D eigenvalue weighted by Gasteiger charge is 2.33. The van der Waals surface area contributed by atoms with Gasteiger partial charge in [0, 0.05) is 18.0 Å². The number of methoxy groups -OCH3 is 2. The lowest BCUT2D eigenvalue weighted by Crippen LogP contribution is -2.40. The molecule has 0 aromatic heterocycles. The van der Waals surface area contributed by atoms with E-state index in [0.717, 1.165) is 29.7 Å². The first-order valence-corrected chi connectivity index (χ1v) is 11.3. The average Bonchev–Trinajstić information content (AvgIpc) is 3.29. The SMILES string of the molecule is COc1cc2c(cc1OC)[C@H](c1cccc(Cl)c1)N(C(=O)CCC1CCCC1)CC2. The number of hydrogen-bond acceptors (Lipinski definition) is 3. The van der Waals surface area contributed by atoms with Gasteiger partial charge in [0.15, 0.2) is 11.5 Å². The molecule has 30 heavy (non-hydrogen) atoms. The number of benzene rings is 2. The molecule has 1 fully saturated rings. The molecule has 1 aliphatic heterocycles. The lowest BCUT2D eigenvalue weighted by Gasteiger charge is -2.38. The van der Waals surface area contributed by atoms with Crippen LogP contribution < -0.4 is 9.47 Å². The van der Waals surface area contributed by atoms with E-state index < -0.39 is 0 Å². The van der Waals surface area contributed by atoms with Crippen LogP contribution in [0.25, 0.3) is 0 Å². The van der Waals surface area contributed by atoms with Gasteiger partial charge >= 0.3 is 0 Å². The lowest BCUT2D eigenvalue weighted by atomic mass is 9.87. The summed E-state index contributed by atoms with van der Waals surface area (Å²) in [6.45, 7) is 0.698. The highest BCUT2D eigenvalue weighted by atomic mass is 35.5. The van der Waals surface area contributed by atoms with Gasteiger partial charge in [0.05, 0.1) is 20.3 Å². The summed E-state index contributed by atoms with van der Waals surface area (Å²) in [4.78, 5) is 15.4. The fraction of sp³-hybridized carbons (Fsp3) is 0.480. The molecule has 0 radical (unpaired) electrons. The first kappa shape index (κ1) is 21.0. The zero-order chi connectivity index (χ0) is 21.1. The van der Waals surface area contributed by atoms with E-state index in [1.807, 2.05) is 35.2 Å². The Balaban J connectivity index is 1.69. The standard InChI is InChI=1S/C25H30ClNO3/c1-29-22-15-18-12-13-27(24(28)11-10-17-6-3-4-7-17)25(21(18)16-23(22)30-2)19-8-5-9-20(26)14-19/h5,8-9,14-17,25H,3-4,6-7,10-13H2,1-2H3/t25-/m0/s1. The highest BCUT2D eigenvalue weighted by molar-refractivity contribution is 6.30. The van der Waals surface area contributed by atoms with Gasteiger partial charge in [0.2, 0.25) is 5.91 Å². The molecule has 2 aromatic rings. The zero-order valence-corrected chi connectivity index (χ0v) is 18.6. The Morgan fingerprint density at radius 3 is 2.53 bits per heavy atom. The van der Waals surface area contributed by atoms with Crippen LogP contribution in [-0.4, -0.2) is 31.6 Å². The third kappa shape index (κ3) is 4.29. The fourth-order valence-electron chi connectivity index (χ4n) is 5.02. The topological polar surface area (TPSA) is 38.8 Å². The number of carbonyl (C=O) groups is 1. The Bertz CT molecular complexity index is 907. The van der Waals surface area contributed by atoms with Crippen LogP contribution in [0.3, 0.4) is 0 Å². The van der Waals surface area contributed by atoms with Crippen molar-refractivity contribution in [1.82, 2.24) is 4.90 Å². The molecular weight excluding hydrogens is 398 g/mol. The highest BCUT2D eigenvalue weighted by Crippen LogP contribution is 2.42. The molecule has 4 rings (SSSR count). The summed E-state index contributed by atoms with van der Waals surface area (Å²) in [5, 5.41) is 0.679. The number of amides is 1. The summed E-state index contributed by atoms with van der Waals surface area (Å²) < 4.78 is 11.1. The minimum absolute atomic E-state index is 0.164. The molecule has 0 N–H and O–H groups in total. The Labute approximate surface area is 184 Å². The van der Waals surface area contributed by atoms with Crippen LogP contribution in [0.15, 0.2) is 36.4 Å². The van der Waals surface area contributed by atoms with Crippen molar-refractivity contribution in [2.75, 3.05) is 20.8 Å². The molecule has 0 unspecified atom stereocenters. The van der Waals surface area contributed by atoms with Crippen molar-refractivity contribution in [2.45, 2.75) is 51.0 Å². The van der Waals surface area contributed by atoms with Crippen molar-refractivity contribution in [2.24, 2.45) is 5.92 Å². The second-order valence-corrected chi connectivity index (χ2v) is 8.83. The number of ether oxygens (including phenoxy) is 2. The fourth-order valence-corrected chi connectivity index (χ4v) is 5.22. The van der Waals surface area contributed by atoms with Gasteiger partial charge in [-0.25, -0.2) is 0 Å². The monoisotopic (exact) mass is 427 g/mol. The quantitative estimate of drug-likeness (QED) is 0.584. The molecule has 0 saturated heterocycles. The number of hydrogen-bond donors (Lipinski definition) is 0. The minimum atomic E-state index is -0.164. The smallest absolute Gasteiger partial charge is 0.223 e. The number of halogens is 1. The predicted molar refractivity (Wildman–Crippen MR) is 119 cm³/mol. The number of rotatable bonds is 6. The van der Waals surface area contributed by atoms with Gasteiger partial charge in [-0.2, -0.15) is 0 Å². The van der Waals surface area contributed by atoms with Crippen LogP contribution in [0.2, 0.25) is 5.02 Å². The maximum atomic E-state index is 13.3. The lowest BCUT2D eigenvalue weighted by molar-refractivity contribution is -0.133. The zero-order valence-electron chi connectivity index (χ0n) is 17.8. The molecular formula is C25H30ClNO3. The van der Waals surface area contributed by atoms with Crippen LogP contribution in [-0.2, 0) is 11.2 Å². The van der Waals surface area contributed by atoms with Crippen LogP contribution >= 0.6 is 11.6 Å². The molecule has 2 aromatic carbocycles. The van der Waals surface area contributed by atoms with E-state index in [-0.39, 0.29) is 11.9 Å². The Morgan fingerprint density at radius 1 is 1.10 bits per heavy atom. The molecule has 1 aliphatic carbocycles. The largest absolute Gasteiger partial charge is 0.493 e. The summed E-state index contributed by atoms with van der Waals surface area (Å²) in [6, 6.07) is 11.8. The van der Waals surface area contributed by atoms with Crippen molar-refractivity contribution < 1.29 is 14.3 Å². The van der Waals surface area contributed by atoms with Crippen molar-refractivity contribution >= 4 is 17.5 Å². The van der Waals surface area contributed by atoms with E-state index in [4.69, 9.17) is 21.1 Å². The first-order chi connectivity index (χ1) is 14.6. The van der Waals surface area contributed by atoms with Crippen molar-refractivity contribution in [3.8, 4) is 11.5 Å². The van der Waals surface area contributed by atoms with Crippen molar-refractivity contribution in [3.05, 3.63) is 58.1 Å². The molecule has 1 saturated carbocycles. The molecule has 4 nitrogen and oxygen atoms in total. The van der Waals surface area contributed by atoms with Crippen LogP contribution in [0.5, 0.6) is 11.5 Å². The minimum Gasteiger partial charge on any atom is -0.493 e. The molecule has 2 aliphatic rings. The van der Waals surface area contributed by atoms with Crippen molar-refractivity contribution in [1.29, 1.82) is 0 Å². The van der Waals surface area contributed by atoms with Crippen LogP contribution in [0, 0.1) is 5.92 Å². The third-order valence-electron chi connectivity index (χ3n) is 6.60. The normalized spacial score (nSPS) is 18.9. The summed E-state index contributed by atoms with van der Waals surface area (Å²) in [7, 11) is 3.30. The van der Waals surface area contributed by atoms with E-state index in [0.29, 0.717) is 29.7 Å². The molecule has 0 bridgehead atoms. The molecule has 0 spiro atoms. The van der Waals surface area contributed by atoms with Crippen LogP contribution in [0.4, 0.5) is 0 Å². The van der Waals surface area contributed by atoms with Gasteiger partial charge in [-0.15, -0.1) is 0 Å². The Kier molecular flexibility index (Phi) is 6.52. The molecule has 1 amide bonds. The number of fused-ring (bicyclic) bond motifs is 1. The molecule has 160 valence electrons. The summed E-state index contributed by atoms with van der Waals surface area (Å²) in [5.41, 5.74) is 3.32. The maximum absolute atomic E-state index is 13.3. The van der Waals surface area contributed by atoms with Gasteiger partial charge in [0.1, 0.15) is 0 Å². The Hall–Kier alpha value is -2.20. The summed E-state index contributed by atoms with van der Waals surface area (Å²) in [5.74, 6) is 2.35. The second-order valence-electron chi connectivity index (χ2n) is 8.39. The predicted octanol–water partition coefficient (Wildman–Crippen LogP) is 5.80. The number of carbonyl (C=O) groups excluding carboxylic acids is 1. The first-order valence-electron chi connectivity index (χ1n) is 10.9. The maximum Gasteiger partial charge on any atom is 0.223 e.